The molecule has 0 bridgehead atoms. The fourth-order valence-corrected chi connectivity index (χ4v) is 11.6. The van der Waals surface area contributed by atoms with Crippen LogP contribution in [0.1, 0.15) is 74.4 Å². The first-order valence-electron chi connectivity index (χ1n) is 22.9. The number of anilines is 4. The summed E-state index contributed by atoms with van der Waals surface area (Å²) in [6.07, 6.45) is 7.90. The molecule has 64 heavy (non-hydrogen) atoms. The van der Waals surface area contributed by atoms with Gasteiger partial charge in [-0.1, -0.05) is 173 Å². The molecule has 2 heteroatoms. The van der Waals surface area contributed by atoms with E-state index >= 15 is 0 Å². The lowest BCUT2D eigenvalue weighted by Crippen LogP contribution is -2.44. The van der Waals surface area contributed by atoms with Gasteiger partial charge in [-0.2, -0.15) is 0 Å². The first-order valence-corrected chi connectivity index (χ1v) is 22.9. The molecule has 0 saturated carbocycles. The highest BCUT2D eigenvalue weighted by molar-refractivity contribution is 6.01. The zero-order valence-electron chi connectivity index (χ0n) is 37.6. The van der Waals surface area contributed by atoms with Crippen molar-refractivity contribution in [2.24, 2.45) is 0 Å². The lowest BCUT2D eigenvalue weighted by atomic mass is 9.72. The molecule has 8 aromatic rings. The van der Waals surface area contributed by atoms with Crippen molar-refractivity contribution in [1.29, 1.82) is 0 Å². The van der Waals surface area contributed by atoms with Crippen LogP contribution in [-0.2, 0) is 10.8 Å². The summed E-state index contributed by atoms with van der Waals surface area (Å²) in [5.74, 6) is 0. The number of benzene rings is 8. The Labute approximate surface area is 378 Å². The predicted molar refractivity (Wildman–Crippen MR) is 271 cm³/mol. The summed E-state index contributed by atoms with van der Waals surface area (Å²) in [5.41, 5.74) is 26.5. The maximum atomic E-state index is 3.85. The van der Waals surface area contributed by atoms with Gasteiger partial charge < -0.3 is 10.2 Å². The lowest BCUT2D eigenvalue weighted by molar-refractivity contribution is 0.567. The van der Waals surface area contributed by atoms with Gasteiger partial charge in [-0.3, -0.25) is 0 Å². The maximum absolute atomic E-state index is 3.85. The van der Waals surface area contributed by atoms with Crippen molar-refractivity contribution in [3.8, 4) is 55.6 Å². The number of hydrogen-bond acceptors (Lipinski definition) is 2. The van der Waals surface area contributed by atoms with Gasteiger partial charge in [0.05, 0.1) is 16.9 Å². The van der Waals surface area contributed by atoms with Gasteiger partial charge in [0.25, 0.3) is 0 Å². The van der Waals surface area contributed by atoms with Crippen molar-refractivity contribution in [3.63, 3.8) is 0 Å². The average Bonchev–Trinajstić information content (AvgIpc) is 3.59. The second-order valence-electron chi connectivity index (χ2n) is 19.7. The second kappa shape index (κ2) is 13.9. The predicted octanol–water partition coefficient (Wildman–Crippen LogP) is 16.6. The number of hydrogen-bond donors (Lipinski definition) is 1. The van der Waals surface area contributed by atoms with E-state index in [1.165, 1.54) is 117 Å². The Hall–Kier alpha value is -7.16. The molecule has 3 aliphatic heterocycles. The van der Waals surface area contributed by atoms with Gasteiger partial charge >= 0.3 is 0 Å². The SMILES string of the molecule is Cc1ccc(-c2cccc(-c3ccc4c(c3)C(C)(C)c3cccc5c3N4C3(C)CC=CC=C53)c2)cc1-c1cccc(-c2ccc3c(c2)C(C)(C)c2cccc(-c4ccccc4)c2N3)c1. The Morgan fingerprint density at radius 2 is 1.03 bits per heavy atom. The van der Waals surface area contributed by atoms with E-state index in [1.54, 1.807) is 0 Å². The number of rotatable bonds is 5. The van der Waals surface area contributed by atoms with E-state index in [4.69, 9.17) is 0 Å². The molecule has 0 amide bonds. The normalized spacial score (nSPS) is 17.9. The van der Waals surface area contributed by atoms with Crippen molar-refractivity contribution in [2.75, 3.05) is 10.2 Å². The Kier molecular flexibility index (Phi) is 8.38. The lowest BCUT2D eigenvalue weighted by Gasteiger charge is -2.46. The monoisotopic (exact) mass is 824 g/mol. The van der Waals surface area contributed by atoms with Crippen molar-refractivity contribution in [1.82, 2.24) is 0 Å². The van der Waals surface area contributed by atoms with Crippen molar-refractivity contribution in [3.05, 3.63) is 221 Å². The Morgan fingerprint density at radius 1 is 0.453 bits per heavy atom. The molecule has 1 unspecified atom stereocenters. The summed E-state index contributed by atoms with van der Waals surface area (Å²) in [4.78, 5) is 2.65. The Bertz CT molecular complexity index is 3310. The third-order valence-corrected chi connectivity index (χ3v) is 15.2. The van der Waals surface area contributed by atoms with E-state index in [-0.39, 0.29) is 16.4 Å². The van der Waals surface area contributed by atoms with Crippen LogP contribution in [0, 0.1) is 6.92 Å². The molecule has 4 aliphatic rings. The standard InChI is InChI=1S/C62H52N2/c1-39-27-28-44(41-18-12-19-42(34-41)46-30-32-57-55(38-46)61(4,5)53-26-15-23-49-51-24-10-11-33-62(51,6)64(57)59(49)53)36-50(39)47-21-13-20-43(35-47)45-29-31-56-54(37-45)60(2,3)52-25-14-22-48(58(52)63-56)40-16-8-7-9-17-40/h7-32,34-38,63H,33H2,1-6H3. The van der Waals surface area contributed by atoms with Crippen LogP contribution in [0.15, 0.2) is 188 Å². The van der Waals surface area contributed by atoms with Gasteiger partial charge in [0.1, 0.15) is 0 Å². The number of para-hydroxylation sites is 2. The summed E-state index contributed by atoms with van der Waals surface area (Å²) in [6, 6.07) is 63.7. The third-order valence-electron chi connectivity index (χ3n) is 15.2. The van der Waals surface area contributed by atoms with Crippen molar-refractivity contribution < 1.29 is 0 Å². The van der Waals surface area contributed by atoms with Crippen LogP contribution < -0.4 is 10.2 Å². The van der Waals surface area contributed by atoms with Crippen LogP contribution in [0.25, 0.3) is 61.2 Å². The average molecular weight is 825 g/mol. The topological polar surface area (TPSA) is 15.3 Å². The van der Waals surface area contributed by atoms with E-state index in [0.717, 1.165) is 6.42 Å². The van der Waals surface area contributed by atoms with Crippen LogP contribution in [0.2, 0.25) is 0 Å². The van der Waals surface area contributed by atoms with Crippen LogP contribution in [-0.4, -0.2) is 5.54 Å². The first-order chi connectivity index (χ1) is 31.0. The molecule has 0 aromatic heterocycles. The van der Waals surface area contributed by atoms with Gasteiger partial charge in [0.2, 0.25) is 0 Å². The highest BCUT2D eigenvalue weighted by atomic mass is 15.2. The molecule has 0 saturated heterocycles. The van der Waals surface area contributed by atoms with E-state index in [2.05, 4.69) is 240 Å². The van der Waals surface area contributed by atoms with Crippen molar-refractivity contribution >= 4 is 28.3 Å². The maximum Gasteiger partial charge on any atom is 0.0715 e. The van der Waals surface area contributed by atoms with Gasteiger partial charge in [0.15, 0.2) is 0 Å². The molecule has 2 nitrogen and oxygen atoms in total. The molecule has 8 aromatic carbocycles. The van der Waals surface area contributed by atoms with Crippen molar-refractivity contribution in [2.45, 2.75) is 64.3 Å². The van der Waals surface area contributed by atoms with E-state index < -0.39 is 0 Å². The molecule has 0 fully saturated rings. The zero-order valence-corrected chi connectivity index (χ0v) is 37.6. The first kappa shape index (κ1) is 38.5. The second-order valence-corrected chi connectivity index (χ2v) is 19.7. The fraction of sp³-hybridized carbons (Fsp3) is 0.161. The molecule has 1 atom stereocenters. The number of fused-ring (bicyclic) bond motifs is 7. The summed E-state index contributed by atoms with van der Waals surface area (Å²) in [7, 11) is 0. The van der Waals surface area contributed by atoms with Crippen LogP contribution in [0.5, 0.6) is 0 Å². The van der Waals surface area contributed by atoms with Crippen LogP contribution in [0.3, 0.4) is 0 Å². The van der Waals surface area contributed by atoms with Gasteiger partial charge in [-0.05, 0) is 146 Å². The molecular formula is C62H52N2. The molecular weight excluding hydrogens is 773 g/mol. The molecule has 310 valence electrons. The highest BCUT2D eigenvalue weighted by Gasteiger charge is 2.51. The smallest absolute Gasteiger partial charge is 0.0715 e. The summed E-state index contributed by atoms with van der Waals surface area (Å²) in [5, 5.41) is 3.85. The molecule has 0 radical (unpaired) electrons. The summed E-state index contributed by atoms with van der Waals surface area (Å²) in [6.45, 7) is 14.2. The van der Waals surface area contributed by atoms with E-state index in [0.29, 0.717) is 0 Å². The Morgan fingerprint density at radius 3 is 1.80 bits per heavy atom. The molecule has 1 aliphatic carbocycles. The van der Waals surface area contributed by atoms with E-state index in [1.807, 2.05) is 0 Å². The van der Waals surface area contributed by atoms with Gasteiger partial charge in [-0.15, -0.1) is 0 Å². The summed E-state index contributed by atoms with van der Waals surface area (Å²) >= 11 is 0. The number of nitrogens with zero attached hydrogens (tertiary/aromatic N) is 1. The van der Waals surface area contributed by atoms with Gasteiger partial charge in [-0.25, -0.2) is 0 Å². The van der Waals surface area contributed by atoms with Crippen LogP contribution in [0.4, 0.5) is 22.7 Å². The minimum Gasteiger partial charge on any atom is -0.355 e. The molecule has 3 heterocycles. The quantitative estimate of drug-likeness (QED) is 0.186. The molecule has 1 N–H and O–H groups in total. The van der Waals surface area contributed by atoms with Crippen LogP contribution >= 0.6 is 0 Å². The third kappa shape index (κ3) is 5.64. The summed E-state index contributed by atoms with van der Waals surface area (Å²) < 4.78 is 0. The van der Waals surface area contributed by atoms with E-state index in [9.17, 15) is 0 Å². The minimum absolute atomic E-state index is 0.0991. The zero-order chi connectivity index (χ0) is 43.5. The largest absolute Gasteiger partial charge is 0.355 e. The fourth-order valence-electron chi connectivity index (χ4n) is 11.6. The highest BCUT2D eigenvalue weighted by Crippen LogP contribution is 2.62. The molecule has 0 spiro atoms. The molecule has 12 rings (SSSR count). The number of nitrogens with one attached hydrogen (secondary N) is 1. The Balaban J connectivity index is 0.868. The number of aryl methyl sites for hydroxylation is 1. The minimum atomic E-state index is -0.181. The number of allylic oxidation sites excluding steroid dienone is 2. The van der Waals surface area contributed by atoms with Gasteiger partial charge in [0, 0.05) is 33.3 Å².